The van der Waals surface area contributed by atoms with Gasteiger partial charge < -0.3 is 9.47 Å². The van der Waals surface area contributed by atoms with Crippen molar-refractivity contribution in [2.45, 2.75) is 70.7 Å². The van der Waals surface area contributed by atoms with Gasteiger partial charge in [-0.15, -0.1) is 0 Å². The fraction of sp³-hybridized carbons (Fsp3) is 0.923. The number of hydrogen-bond acceptors (Lipinski definition) is 3. The fourth-order valence-electron chi connectivity index (χ4n) is 3.01. The van der Waals surface area contributed by atoms with E-state index < -0.39 is 0 Å². The van der Waals surface area contributed by atoms with E-state index in [1.54, 1.807) is 0 Å². The summed E-state index contributed by atoms with van der Waals surface area (Å²) in [4.78, 5) is 11.1. The Labute approximate surface area is 97.5 Å². The highest BCUT2D eigenvalue weighted by Crippen LogP contribution is 2.41. The molecule has 1 heterocycles. The molecule has 3 unspecified atom stereocenters. The first-order valence-corrected chi connectivity index (χ1v) is 6.34. The van der Waals surface area contributed by atoms with Crippen LogP contribution < -0.4 is 0 Å². The minimum absolute atomic E-state index is 0.0793. The first-order valence-electron chi connectivity index (χ1n) is 6.34. The van der Waals surface area contributed by atoms with Gasteiger partial charge in [-0.3, -0.25) is 4.79 Å². The molecule has 0 aromatic heterocycles. The number of ether oxygens (including phenoxy) is 2. The molecule has 1 saturated carbocycles. The summed E-state index contributed by atoms with van der Waals surface area (Å²) in [5.74, 6) is 0.391. The zero-order valence-electron chi connectivity index (χ0n) is 10.5. The topological polar surface area (TPSA) is 35.5 Å². The molecular formula is C13H22O3. The van der Waals surface area contributed by atoms with Crippen molar-refractivity contribution in [1.29, 1.82) is 0 Å². The normalized spacial score (nSPS) is 37.6. The van der Waals surface area contributed by atoms with Crippen LogP contribution in [0.4, 0.5) is 0 Å². The molecule has 1 aliphatic heterocycles. The van der Waals surface area contributed by atoms with E-state index in [1.165, 1.54) is 32.6 Å². The van der Waals surface area contributed by atoms with Crippen LogP contribution in [-0.4, -0.2) is 23.8 Å². The number of carbonyl (C=O) groups is 1. The zero-order chi connectivity index (χ0) is 11.8. The van der Waals surface area contributed by atoms with E-state index >= 15 is 0 Å². The first-order chi connectivity index (χ1) is 7.49. The second-order valence-corrected chi connectivity index (χ2v) is 5.64. The Morgan fingerprint density at radius 3 is 2.69 bits per heavy atom. The molecule has 0 radical (unpaired) electrons. The van der Waals surface area contributed by atoms with Crippen LogP contribution in [0.5, 0.6) is 0 Å². The molecule has 2 aliphatic rings. The molecule has 0 spiro atoms. The maximum absolute atomic E-state index is 11.1. The van der Waals surface area contributed by atoms with Crippen LogP contribution >= 0.6 is 0 Å². The largest absolute Gasteiger partial charge is 0.459 e. The molecule has 3 atom stereocenters. The number of carbonyl (C=O) groups excluding carboxylic acids is 1. The molecule has 0 N–H and O–H groups in total. The summed E-state index contributed by atoms with van der Waals surface area (Å²) in [6, 6.07) is 0. The molecule has 16 heavy (non-hydrogen) atoms. The van der Waals surface area contributed by atoms with Crippen LogP contribution in [0.3, 0.4) is 0 Å². The highest BCUT2D eigenvalue weighted by molar-refractivity contribution is 5.66. The Hall–Kier alpha value is -0.570. The SMILES string of the molecule is CC(=O)OC1CC2CCCCC2OC1(C)C. The molecule has 3 nitrogen and oxygen atoms in total. The minimum atomic E-state index is -0.329. The molecule has 0 bridgehead atoms. The molecule has 2 fully saturated rings. The molecular weight excluding hydrogens is 204 g/mol. The van der Waals surface area contributed by atoms with Gasteiger partial charge in [0.05, 0.1) is 11.7 Å². The lowest BCUT2D eigenvalue weighted by atomic mass is 9.77. The standard InChI is InChI=1S/C13H22O3/c1-9(14)15-12-8-10-6-4-5-7-11(10)16-13(12,2)3/h10-12H,4-8H2,1-3H3. The van der Waals surface area contributed by atoms with E-state index in [-0.39, 0.29) is 17.7 Å². The van der Waals surface area contributed by atoms with Crippen LogP contribution in [0.2, 0.25) is 0 Å². The van der Waals surface area contributed by atoms with Gasteiger partial charge in [0, 0.05) is 6.92 Å². The van der Waals surface area contributed by atoms with Crippen LogP contribution in [0, 0.1) is 5.92 Å². The smallest absolute Gasteiger partial charge is 0.303 e. The van der Waals surface area contributed by atoms with Gasteiger partial charge in [-0.25, -0.2) is 0 Å². The zero-order valence-corrected chi connectivity index (χ0v) is 10.5. The Kier molecular flexibility index (Phi) is 3.24. The fourth-order valence-corrected chi connectivity index (χ4v) is 3.01. The highest BCUT2D eigenvalue weighted by atomic mass is 16.6. The minimum Gasteiger partial charge on any atom is -0.459 e. The second-order valence-electron chi connectivity index (χ2n) is 5.64. The van der Waals surface area contributed by atoms with Gasteiger partial charge in [-0.1, -0.05) is 12.8 Å². The van der Waals surface area contributed by atoms with E-state index in [0.717, 1.165) is 6.42 Å². The van der Waals surface area contributed by atoms with E-state index in [9.17, 15) is 4.79 Å². The maximum Gasteiger partial charge on any atom is 0.303 e. The van der Waals surface area contributed by atoms with E-state index in [2.05, 4.69) is 0 Å². The lowest BCUT2D eigenvalue weighted by Crippen LogP contribution is -2.53. The summed E-state index contributed by atoms with van der Waals surface area (Å²) in [5, 5.41) is 0. The predicted octanol–water partition coefficient (Wildman–Crippen LogP) is 2.68. The van der Waals surface area contributed by atoms with Gasteiger partial charge in [0.15, 0.2) is 0 Å². The van der Waals surface area contributed by atoms with Gasteiger partial charge in [-0.05, 0) is 39.0 Å². The first kappa shape index (κ1) is 11.9. The van der Waals surface area contributed by atoms with E-state index in [1.807, 2.05) is 13.8 Å². The summed E-state index contributed by atoms with van der Waals surface area (Å²) in [6.07, 6.45) is 6.23. The van der Waals surface area contributed by atoms with Crippen molar-refractivity contribution in [3.63, 3.8) is 0 Å². The van der Waals surface area contributed by atoms with Crippen LogP contribution in [-0.2, 0) is 14.3 Å². The maximum atomic E-state index is 11.1. The quantitative estimate of drug-likeness (QED) is 0.645. The van der Waals surface area contributed by atoms with Gasteiger partial charge >= 0.3 is 5.97 Å². The van der Waals surface area contributed by atoms with Crippen molar-refractivity contribution in [3.8, 4) is 0 Å². The van der Waals surface area contributed by atoms with E-state index in [0.29, 0.717) is 12.0 Å². The molecule has 0 aromatic carbocycles. The van der Waals surface area contributed by atoms with Crippen LogP contribution in [0.15, 0.2) is 0 Å². The lowest BCUT2D eigenvalue weighted by Gasteiger charge is -2.47. The number of esters is 1. The molecule has 2 rings (SSSR count). The summed E-state index contributed by atoms with van der Waals surface area (Å²) >= 11 is 0. The van der Waals surface area contributed by atoms with Crippen LogP contribution in [0.25, 0.3) is 0 Å². The Morgan fingerprint density at radius 2 is 2.00 bits per heavy atom. The summed E-state index contributed by atoms with van der Waals surface area (Å²) in [5.41, 5.74) is -0.329. The van der Waals surface area contributed by atoms with Gasteiger partial charge in [0.2, 0.25) is 0 Å². The van der Waals surface area contributed by atoms with Crippen molar-refractivity contribution in [3.05, 3.63) is 0 Å². The van der Waals surface area contributed by atoms with Crippen molar-refractivity contribution in [2.24, 2.45) is 5.92 Å². The van der Waals surface area contributed by atoms with Crippen LogP contribution in [0.1, 0.15) is 52.9 Å². The average Bonchev–Trinajstić information content (AvgIpc) is 2.17. The average molecular weight is 226 g/mol. The molecule has 1 aliphatic carbocycles. The number of fused-ring (bicyclic) bond motifs is 1. The predicted molar refractivity (Wildman–Crippen MR) is 61.1 cm³/mol. The Bertz CT molecular complexity index is 272. The second kappa shape index (κ2) is 4.36. The molecule has 1 saturated heterocycles. The summed E-state index contributed by atoms with van der Waals surface area (Å²) in [6.45, 7) is 5.54. The monoisotopic (exact) mass is 226 g/mol. The third kappa shape index (κ3) is 2.40. The van der Waals surface area contributed by atoms with E-state index in [4.69, 9.17) is 9.47 Å². The van der Waals surface area contributed by atoms with Gasteiger partial charge in [0.1, 0.15) is 6.10 Å². The Balaban J connectivity index is 2.05. The number of rotatable bonds is 1. The lowest BCUT2D eigenvalue weighted by molar-refractivity contribution is -0.216. The van der Waals surface area contributed by atoms with Crippen molar-refractivity contribution in [2.75, 3.05) is 0 Å². The molecule has 0 aromatic rings. The third-order valence-corrected chi connectivity index (χ3v) is 3.89. The molecule has 0 amide bonds. The molecule has 3 heteroatoms. The van der Waals surface area contributed by atoms with Crippen molar-refractivity contribution < 1.29 is 14.3 Å². The molecule has 92 valence electrons. The van der Waals surface area contributed by atoms with Gasteiger partial charge in [0.25, 0.3) is 0 Å². The van der Waals surface area contributed by atoms with Crippen molar-refractivity contribution >= 4 is 5.97 Å². The number of hydrogen-bond donors (Lipinski definition) is 0. The summed E-state index contributed by atoms with van der Waals surface area (Å²) in [7, 11) is 0. The summed E-state index contributed by atoms with van der Waals surface area (Å²) < 4.78 is 11.5. The highest BCUT2D eigenvalue weighted by Gasteiger charge is 2.45. The Morgan fingerprint density at radius 1 is 1.31 bits per heavy atom. The van der Waals surface area contributed by atoms with Gasteiger partial charge in [-0.2, -0.15) is 0 Å². The van der Waals surface area contributed by atoms with Crippen molar-refractivity contribution in [1.82, 2.24) is 0 Å². The third-order valence-electron chi connectivity index (χ3n) is 3.89.